The first-order valence-corrected chi connectivity index (χ1v) is 11.9. The zero-order valence-electron chi connectivity index (χ0n) is 18.0. The highest BCUT2D eigenvalue weighted by Gasteiger charge is 2.22. The maximum atomic E-state index is 12.6. The average molecular weight is 517 g/mol. The van der Waals surface area contributed by atoms with E-state index in [1.807, 2.05) is 19.1 Å². The molecule has 0 bridgehead atoms. The van der Waals surface area contributed by atoms with Crippen LogP contribution in [0.2, 0.25) is 10.0 Å². The molecule has 34 heavy (non-hydrogen) atoms. The number of ether oxygens (including phenoxy) is 1. The van der Waals surface area contributed by atoms with Gasteiger partial charge in [-0.25, -0.2) is 0 Å². The molecule has 7 nitrogen and oxygen atoms in total. The Morgan fingerprint density at radius 3 is 2.41 bits per heavy atom. The smallest absolute Gasteiger partial charge is 0.339 e. The summed E-state index contributed by atoms with van der Waals surface area (Å²) in [5.74, 6) is -0.861. The third kappa shape index (κ3) is 6.08. The highest BCUT2D eigenvalue weighted by atomic mass is 35.5. The minimum atomic E-state index is -4.23. The molecule has 1 amide bonds. The lowest BCUT2D eigenvalue weighted by Crippen LogP contribution is -2.13. The minimum Gasteiger partial charge on any atom is -0.493 e. The highest BCUT2D eigenvalue weighted by Crippen LogP contribution is 2.39. The van der Waals surface area contributed by atoms with Crippen molar-refractivity contribution in [3.8, 4) is 17.6 Å². The van der Waals surface area contributed by atoms with E-state index in [9.17, 15) is 18.5 Å². The molecule has 0 fully saturated rings. The van der Waals surface area contributed by atoms with Gasteiger partial charge in [0, 0.05) is 10.7 Å². The molecular weight excluding hydrogens is 499 g/mol. The largest absolute Gasteiger partial charge is 0.493 e. The molecule has 3 aromatic rings. The van der Waals surface area contributed by atoms with Crippen molar-refractivity contribution in [2.45, 2.75) is 11.8 Å². The Kier molecular flexibility index (Phi) is 7.84. The Morgan fingerprint density at radius 1 is 1.09 bits per heavy atom. The van der Waals surface area contributed by atoms with E-state index < -0.39 is 16.0 Å². The molecule has 0 spiro atoms. The molecule has 174 valence electrons. The molecule has 10 heteroatoms. The van der Waals surface area contributed by atoms with E-state index >= 15 is 0 Å². The average Bonchev–Trinajstić information content (AvgIpc) is 2.79. The number of nitrogens with one attached hydrogen (secondary N) is 1. The van der Waals surface area contributed by atoms with Crippen molar-refractivity contribution in [1.82, 2.24) is 0 Å². The molecule has 0 radical (unpaired) electrons. The lowest BCUT2D eigenvalue weighted by molar-refractivity contribution is -0.112. The molecule has 0 heterocycles. The zero-order valence-corrected chi connectivity index (χ0v) is 20.3. The monoisotopic (exact) mass is 516 g/mol. The van der Waals surface area contributed by atoms with Crippen LogP contribution in [-0.4, -0.2) is 21.4 Å². The number of anilines is 1. The molecule has 0 aliphatic rings. The number of amides is 1. The molecule has 0 saturated carbocycles. The topological polar surface area (TPSA) is 105 Å². The summed E-state index contributed by atoms with van der Waals surface area (Å²) in [5, 5.41) is 12.4. The van der Waals surface area contributed by atoms with Crippen molar-refractivity contribution in [1.29, 1.82) is 5.26 Å². The van der Waals surface area contributed by atoms with Crippen molar-refractivity contribution in [3.05, 3.63) is 87.4 Å². The lowest BCUT2D eigenvalue weighted by atomic mass is 10.1. The summed E-state index contributed by atoms with van der Waals surface area (Å²) in [6.07, 6.45) is 1.30. The number of halogens is 2. The molecule has 0 atom stereocenters. The number of hydrogen-bond donors (Lipinski definition) is 1. The summed E-state index contributed by atoms with van der Waals surface area (Å²) in [5.41, 5.74) is 1.62. The second-order valence-corrected chi connectivity index (χ2v) is 9.41. The second kappa shape index (κ2) is 10.6. The van der Waals surface area contributed by atoms with E-state index in [0.29, 0.717) is 16.3 Å². The number of nitrogens with zero attached hydrogens (tertiary/aromatic N) is 1. The summed E-state index contributed by atoms with van der Waals surface area (Å²) in [4.78, 5) is 12.4. The van der Waals surface area contributed by atoms with Crippen LogP contribution in [-0.2, 0) is 14.9 Å². The van der Waals surface area contributed by atoms with Gasteiger partial charge in [0.25, 0.3) is 5.91 Å². The number of hydrogen-bond acceptors (Lipinski definition) is 6. The molecule has 0 aliphatic carbocycles. The molecule has 0 saturated heterocycles. The molecule has 1 N–H and O–H groups in total. The van der Waals surface area contributed by atoms with Crippen molar-refractivity contribution in [2.24, 2.45) is 0 Å². The summed E-state index contributed by atoms with van der Waals surface area (Å²) >= 11 is 12.1. The van der Waals surface area contributed by atoms with Gasteiger partial charge in [-0.2, -0.15) is 13.7 Å². The first kappa shape index (κ1) is 25.1. The SMILES string of the molecule is COc1cc(/C=C(\C#N)C(=O)Nc2cccc(C)c2)cc(Cl)c1OS(=O)(=O)c1ccc(Cl)cc1. The summed E-state index contributed by atoms with van der Waals surface area (Å²) in [7, 11) is -2.93. The maximum Gasteiger partial charge on any atom is 0.339 e. The van der Waals surface area contributed by atoms with Gasteiger partial charge >= 0.3 is 10.1 Å². The summed E-state index contributed by atoms with van der Waals surface area (Å²) < 4.78 is 35.7. The van der Waals surface area contributed by atoms with Gasteiger partial charge in [0.15, 0.2) is 5.75 Å². The number of carbonyl (C=O) groups is 1. The van der Waals surface area contributed by atoms with E-state index in [1.54, 1.807) is 18.2 Å². The van der Waals surface area contributed by atoms with E-state index in [4.69, 9.17) is 32.1 Å². The minimum absolute atomic E-state index is 0.00679. The van der Waals surface area contributed by atoms with Gasteiger partial charge in [-0.3, -0.25) is 4.79 Å². The second-order valence-electron chi connectivity index (χ2n) is 7.02. The van der Waals surface area contributed by atoms with Crippen LogP contribution >= 0.6 is 23.2 Å². The summed E-state index contributed by atoms with van der Waals surface area (Å²) in [6, 6.07) is 17.1. The molecular formula is C24H18Cl2N2O5S. The molecule has 0 aliphatic heterocycles. The van der Waals surface area contributed by atoms with Crippen molar-refractivity contribution >= 4 is 51.0 Å². The maximum absolute atomic E-state index is 12.6. The Morgan fingerprint density at radius 2 is 1.79 bits per heavy atom. The Balaban J connectivity index is 1.91. The summed E-state index contributed by atoms with van der Waals surface area (Å²) in [6.45, 7) is 1.88. The molecule has 3 rings (SSSR count). The van der Waals surface area contributed by atoms with Gasteiger partial charge in [0.05, 0.1) is 12.1 Å². The van der Waals surface area contributed by atoms with Gasteiger partial charge in [0.2, 0.25) is 5.75 Å². The fourth-order valence-corrected chi connectivity index (χ4v) is 4.29. The standard InChI is InChI=1S/C24H18Cl2N2O5S/c1-15-4-3-5-19(10-15)28-24(29)17(14-27)11-16-12-21(26)23(22(13-16)32-2)33-34(30,31)20-8-6-18(25)7-9-20/h3-13H,1-2H3,(H,28,29)/b17-11+. The van der Waals surface area contributed by atoms with Crippen LogP contribution in [0.1, 0.15) is 11.1 Å². The fraction of sp³-hybridized carbons (Fsp3) is 0.0833. The van der Waals surface area contributed by atoms with Crippen LogP contribution in [0.25, 0.3) is 6.08 Å². The molecule has 3 aromatic carbocycles. The van der Waals surface area contributed by atoms with Gasteiger partial charge in [-0.1, -0.05) is 35.3 Å². The third-order valence-corrected chi connectivity index (χ3v) is 6.27. The van der Waals surface area contributed by atoms with E-state index in [1.165, 1.54) is 49.6 Å². The van der Waals surface area contributed by atoms with Crippen LogP contribution in [0.3, 0.4) is 0 Å². The first-order valence-electron chi connectivity index (χ1n) is 9.70. The lowest BCUT2D eigenvalue weighted by Gasteiger charge is -2.13. The number of carbonyl (C=O) groups excluding carboxylic acids is 1. The van der Waals surface area contributed by atoms with Crippen molar-refractivity contribution in [2.75, 3.05) is 12.4 Å². The quantitative estimate of drug-likeness (QED) is 0.248. The van der Waals surface area contributed by atoms with Crippen LogP contribution in [0.5, 0.6) is 11.5 Å². The van der Waals surface area contributed by atoms with E-state index in [2.05, 4.69) is 5.32 Å². The Bertz CT molecular complexity index is 1410. The van der Waals surface area contributed by atoms with Crippen molar-refractivity contribution in [3.63, 3.8) is 0 Å². The van der Waals surface area contributed by atoms with Gasteiger partial charge in [-0.15, -0.1) is 0 Å². The van der Waals surface area contributed by atoms with Gasteiger partial charge in [0.1, 0.15) is 16.5 Å². The number of aryl methyl sites for hydroxylation is 1. The highest BCUT2D eigenvalue weighted by molar-refractivity contribution is 7.87. The van der Waals surface area contributed by atoms with Gasteiger partial charge < -0.3 is 14.2 Å². The van der Waals surface area contributed by atoms with Crippen LogP contribution in [0.4, 0.5) is 5.69 Å². The van der Waals surface area contributed by atoms with E-state index in [0.717, 1.165) is 5.56 Å². The van der Waals surface area contributed by atoms with Crippen molar-refractivity contribution < 1.29 is 22.1 Å². The predicted molar refractivity (Wildman–Crippen MR) is 131 cm³/mol. The Labute approximate surface area is 207 Å². The fourth-order valence-electron chi connectivity index (χ4n) is 2.90. The molecule has 0 unspecified atom stereocenters. The molecule has 0 aromatic heterocycles. The first-order chi connectivity index (χ1) is 16.1. The number of nitriles is 1. The number of benzene rings is 3. The predicted octanol–water partition coefficient (Wildman–Crippen LogP) is 5.62. The van der Waals surface area contributed by atoms with Crippen LogP contribution < -0.4 is 14.2 Å². The number of methoxy groups -OCH3 is 1. The Hall–Kier alpha value is -3.51. The zero-order chi connectivity index (χ0) is 24.9. The van der Waals surface area contributed by atoms with E-state index in [-0.39, 0.29) is 27.0 Å². The normalized spacial score (nSPS) is 11.4. The van der Waals surface area contributed by atoms with Crippen LogP contribution in [0.15, 0.2) is 71.1 Å². The van der Waals surface area contributed by atoms with Gasteiger partial charge in [-0.05, 0) is 72.7 Å². The third-order valence-electron chi connectivity index (χ3n) is 4.50. The van der Waals surface area contributed by atoms with Crippen LogP contribution in [0, 0.1) is 18.3 Å². The number of rotatable bonds is 7.